The molecule has 2 aromatic rings. The molecule has 0 fully saturated rings. The van der Waals surface area contributed by atoms with Gasteiger partial charge in [0, 0.05) is 23.5 Å². The summed E-state index contributed by atoms with van der Waals surface area (Å²) in [6, 6.07) is 1.88. The van der Waals surface area contributed by atoms with Crippen molar-refractivity contribution in [3.8, 4) is 11.1 Å². The van der Waals surface area contributed by atoms with Gasteiger partial charge in [-0.05, 0) is 6.07 Å². The van der Waals surface area contributed by atoms with Gasteiger partial charge in [-0.25, -0.2) is 9.97 Å². The summed E-state index contributed by atoms with van der Waals surface area (Å²) < 4.78 is 4.96. The SMILES string of the molecule is BrCc1ncc(-c2ccoc2)cn1. The van der Waals surface area contributed by atoms with Crippen LogP contribution in [0.5, 0.6) is 0 Å². The first-order valence-corrected chi connectivity index (χ1v) is 4.92. The molecule has 0 aliphatic heterocycles. The van der Waals surface area contributed by atoms with Gasteiger partial charge in [0.25, 0.3) is 0 Å². The Morgan fingerprint density at radius 2 is 2.00 bits per heavy atom. The van der Waals surface area contributed by atoms with E-state index in [0.29, 0.717) is 5.33 Å². The van der Waals surface area contributed by atoms with Crippen molar-refractivity contribution in [1.82, 2.24) is 9.97 Å². The number of furan rings is 1. The summed E-state index contributed by atoms with van der Waals surface area (Å²) in [4.78, 5) is 8.31. The number of alkyl halides is 1. The van der Waals surface area contributed by atoms with E-state index in [0.717, 1.165) is 17.0 Å². The van der Waals surface area contributed by atoms with Crippen molar-refractivity contribution in [3.05, 3.63) is 36.8 Å². The van der Waals surface area contributed by atoms with Crippen molar-refractivity contribution < 1.29 is 4.42 Å². The maximum atomic E-state index is 4.96. The third kappa shape index (κ3) is 1.78. The second-order valence-electron chi connectivity index (χ2n) is 2.53. The van der Waals surface area contributed by atoms with Crippen LogP contribution >= 0.6 is 15.9 Å². The number of halogens is 1. The van der Waals surface area contributed by atoms with E-state index in [2.05, 4.69) is 25.9 Å². The van der Waals surface area contributed by atoms with Crippen LogP contribution in [0, 0.1) is 0 Å². The fourth-order valence-electron chi connectivity index (χ4n) is 1.00. The summed E-state index contributed by atoms with van der Waals surface area (Å²) >= 11 is 3.29. The van der Waals surface area contributed by atoms with Crippen LogP contribution in [0.4, 0.5) is 0 Å². The molecule has 4 heteroatoms. The lowest BCUT2D eigenvalue weighted by Gasteiger charge is -1.96. The van der Waals surface area contributed by atoms with E-state index in [-0.39, 0.29) is 0 Å². The minimum atomic E-state index is 0.679. The summed E-state index contributed by atoms with van der Waals surface area (Å²) in [5, 5.41) is 0.679. The standard InChI is InChI=1S/C9H7BrN2O/c10-3-9-11-4-8(5-12-9)7-1-2-13-6-7/h1-2,4-6H,3H2. The molecule has 66 valence electrons. The quantitative estimate of drug-likeness (QED) is 0.756. The minimum absolute atomic E-state index is 0.679. The van der Waals surface area contributed by atoms with Gasteiger partial charge in [0.15, 0.2) is 0 Å². The van der Waals surface area contributed by atoms with E-state index < -0.39 is 0 Å². The topological polar surface area (TPSA) is 38.9 Å². The maximum absolute atomic E-state index is 4.96. The van der Waals surface area contributed by atoms with Crippen LogP contribution in [0.15, 0.2) is 35.4 Å². The number of aromatic nitrogens is 2. The predicted molar refractivity (Wildman–Crippen MR) is 52.4 cm³/mol. The highest BCUT2D eigenvalue weighted by Crippen LogP contribution is 2.17. The first-order chi connectivity index (χ1) is 6.40. The molecular weight excluding hydrogens is 232 g/mol. The Balaban J connectivity index is 2.33. The van der Waals surface area contributed by atoms with Crippen LogP contribution in [-0.4, -0.2) is 9.97 Å². The molecule has 0 bridgehead atoms. The Hall–Kier alpha value is -1.16. The van der Waals surface area contributed by atoms with Crippen molar-refractivity contribution in [1.29, 1.82) is 0 Å². The highest BCUT2D eigenvalue weighted by molar-refractivity contribution is 9.08. The molecule has 0 N–H and O–H groups in total. The van der Waals surface area contributed by atoms with E-state index in [1.165, 1.54) is 0 Å². The predicted octanol–water partition coefficient (Wildman–Crippen LogP) is 2.63. The third-order valence-corrected chi connectivity index (χ3v) is 2.18. The summed E-state index contributed by atoms with van der Waals surface area (Å²) in [6.07, 6.45) is 6.88. The Bertz CT molecular complexity index is 369. The number of hydrogen-bond donors (Lipinski definition) is 0. The van der Waals surface area contributed by atoms with Crippen LogP contribution in [0.25, 0.3) is 11.1 Å². The average molecular weight is 239 g/mol. The van der Waals surface area contributed by atoms with Crippen molar-refractivity contribution in [2.45, 2.75) is 5.33 Å². The zero-order chi connectivity index (χ0) is 9.10. The average Bonchev–Trinajstić information content (AvgIpc) is 2.71. The van der Waals surface area contributed by atoms with Gasteiger partial charge in [-0.3, -0.25) is 0 Å². The van der Waals surface area contributed by atoms with Crippen LogP contribution in [0.1, 0.15) is 5.82 Å². The van der Waals surface area contributed by atoms with Crippen molar-refractivity contribution in [2.75, 3.05) is 0 Å². The van der Waals surface area contributed by atoms with Crippen molar-refractivity contribution >= 4 is 15.9 Å². The van der Waals surface area contributed by atoms with Crippen molar-refractivity contribution in [2.24, 2.45) is 0 Å². The van der Waals surface area contributed by atoms with Gasteiger partial charge in [0.05, 0.1) is 17.9 Å². The molecule has 0 aliphatic rings. The highest BCUT2D eigenvalue weighted by atomic mass is 79.9. The Morgan fingerprint density at radius 3 is 2.54 bits per heavy atom. The molecule has 0 aliphatic carbocycles. The lowest BCUT2D eigenvalue weighted by Crippen LogP contribution is -1.89. The largest absolute Gasteiger partial charge is 0.472 e. The highest BCUT2D eigenvalue weighted by Gasteiger charge is 1.99. The molecule has 0 unspecified atom stereocenters. The summed E-state index contributed by atoms with van der Waals surface area (Å²) in [7, 11) is 0. The van der Waals surface area contributed by atoms with Crippen LogP contribution < -0.4 is 0 Å². The van der Waals surface area contributed by atoms with E-state index in [4.69, 9.17) is 4.42 Å². The lowest BCUT2D eigenvalue weighted by atomic mass is 10.2. The fraction of sp³-hybridized carbons (Fsp3) is 0.111. The Labute approximate surface area is 84.0 Å². The number of hydrogen-bond acceptors (Lipinski definition) is 3. The molecule has 0 aromatic carbocycles. The fourth-order valence-corrected chi connectivity index (χ4v) is 1.29. The summed E-state index contributed by atoms with van der Waals surface area (Å²) in [5.41, 5.74) is 1.97. The molecule has 0 saturated carbocycles. The molecule has 0 atom stereocenters. The number of rotatable bonds is 2. The normalized spacial score (nSPS) is 10.2. The lowest BCUT2D eigenvalue weighted by molar-refractivity contribution is 0.568. The van der Waals surface area contributed by atoms with Gasteiger partial charge >= 0.3 is 0 Å². The third-order valence-electron chi connectivity index (χ3n) is 1.68. The Morgan fingerprint density at radius 1 is 1.23 bits per heavy atom. The maximum Gasteiger partial charge on any atom is 0.138 e. The van der Waals surface area contributed by atoms with Crippen molar-refractivity contribution in [3.63, 3.8) is 0 Å². The van der Waals surface area contributed by atoms with Gasteiger partial charge in [0.2, 0.25) is 0 Å². The van der Waals surface area contributed by atoms with Gasteiger partial charge in [-0.2, -0.15) is 0 Å². The van der Waals surface area contributed by atoms with Gasteiger partial charge in [-0.15, -0.1) is 0 Å². The molecule has 2 rings (SSSR count). The summed E-state index contributed by atoms with van der Waals surface area (Å²) in [6.45, 7) is 0. The minimum Gasteiger partial charge on any atom is -0.472 e. The molecule has 0 saturated heterocycles. The van der Waals surface area contributed by atoms with Crippen LogP contribution in [-0.2, 0) is 5.33 Å². The Kier molecular flexibility index (Phi) is 2.40. The molecule has 3 nitrogen and oxygen atoms in total. The molecule has 13 heavy (non-hydrogen) atoms. The van der Waals surface area contributed by atoms with E-state index in [9.17, 15) is 0 Å². The van der Waals surface area contributed by atoms with Gasteiger partial charge in [-0.1, -0.05) is 15.9 Å². The van der Waals surface area contributed by atoms with Gasteiger partial charge in [0.1, 0.15) is 5.82 Å². The van der Waals surface area contributed by atoms with E-state index >= 15 is 0 Å². The first-order valence-electron chi connectivity index (χ1n) is 3.79. The summed E-state index contributed by atoms with van der Waals surface area (Å²) in [5.74, 6) is 0.784. The number of nitrogens with zero attached hydrogens (tertiary/aromatic N) is 2. The molecule has 2 heterocycles. The van der Waals surface area contributed by atoms with Gasteiger partial charge < -0.3 is 4.42 Å². The molecule has 0 amide bonds. The zero-order valence-electron chi connectivity index (χ0n) is 6.77. The van der Waals surface area contributed by atoms with E-state index in [1.54, 1.807) is 24.9 Å². The monoisotopic (exact) mass is 238 g/mol. The second kappa shape index (κ2) is 3.70. The van der Waals surface area contributed by atoms with Crippen LogP contribution in [0.2, 0.25) is 0 Å². The zero-order valence-corrected chi connectivity index (χ0v) is 8.36. The molecule has 2 aromatic heterocycles. The second-order valence-corrected chi connectivity index (χ2v) is 3.09. The van der Waals surface area contributed by atoms with Crippen LogP contribution in [0.3, 0.4) is 0 Å². The molecule has 0 spiro atoms. The molecule has 0 radical (unpaired) electrons. The van der Waals surface area contributed by atoms with E-state index in [1.807, 2.05) is 6.07 Å². The molecular formula is C9H7BrN2O. The smallest absolute Gasteiger partial charge is 0.138 e. The first kappa shape index (κ1) is 8.44.